The van der Waals surface area contributed by atoms with Gasteiger partial charge in [-0.2, -0.15) is 0 Å². The Morgan fingerprint density at radius 2 is 2.00 bits per heavy atom. The molecule has 3 aromatic rings. The number of benzene rings is 2. The maximum Gasteiger partial charge on any atom is 0.126 e. The lowest BCUT2D eigenvalue weighted by molar-refractivity contribution is 0.611. The van der Waals surface area contributed by atoms with E-state index in [0.717, 1.165) is 16.7 Å². The molecule has 0 radical (unpaired) electrons. The molecule has 2 aromatic carbocycles. The van der Waals surface area contributed by atoms with Crippen LogP contribution in [0.2, 0.25) is 0 Å². The van der Waals surface area contributed by atoms with Crippen LogP contribution in [0.1, 0.15) is 24.1 Å². The van der Waals surface area contributed by atoms with Gasteiger partial charge in [0.2, 0.25) is 0 Å². The lowest BCUT2D eigenvalue weighted by Crippen LogP contribution is -2.12. The lowest BCUT2D eigenvalue weighted by Gasteiger charge is -2.14. The van der Waals surface area contributed by atoms with E-state index in [-0.39, 0.29) is 11.9 Å². The van der Waals surface area contributed by atoms with Crippen molar-refractivity contribution < 1.29 is 4.39 Å². The summed E-state index contributed by atoms with van der Waals surface area (Å²) >= 11 is 0. The Balaban J connectivity index is 2.31. The first-order valence-electron chi connectivity index (χ1n) is 6.44. The van der Waals surface area contributed by atoms with Crippen LogP contribution in [0, 0.1) is 12.7 Å². The lowest BCUT2D eigenvalue weighted by atomic mass is 10.0. The van der Waals surface area contributed by atoms with Crippen LogP contribution in [0.5, 0.6) is 0 Å². The first-order valence-corrected chi connectivity index (χ1v) is 6.44. The normalized spacial score (nSPS) is 12.8. The number of nitrogens with two attached hydrogens (primary N) is 1. The highest BCUT2D eigenvalue weighted by molar-refractivity contribution is 5.76. The summed E-state index contributed by atoms with van der Waals surface area (Å²) in [5.74, 6) is -0.259. The van der Waals surface area contributed by atoms with Crippen LogP contribution in [0.3, 0.4) is 0 Å². The number of nitrogens with zero attached hydrogens (tertiary/aromatic N) is 3. The van der Waals surface area contributed by atoms with E-state index in [1.54, 1.807) is 17.7 Å². The number of aryl methyl sites for hydroxylation is 1. The third kappa shape index (κ3) is 1.96. The molecular formula is C15H15FN4. The summed E-state index contributed by atoms with van der Waals surface area (Å²) in [6.45, 7) is 3.55. The molecule has 0 fully saturated rings. The van der Waals surface area contributed by atoms with Gasteiger partial charge in [0, 0.05) is 6.04 Å². The molecule has 1 aromatic heterocycles. The van der Waals surface area contributed by atoms with Crippen molar-refractivity contribution in [3.05, 3.63) is 53.3 Å². The molecule has 0 saturated heterocycles. The summed E-state index contributed by atoms with van der Waals surface area (Å²) in [6, 6.07) is 10.6. The zero-order valence-corrected chi connectivity index (χ0v) is 11.3. The summed E-state index contributed by atoms with van der Waals surface area (Å²) in [7, 11) is 0. The second-order valence-corrected chi connectivity index (χ2v) is 4.94. The van der Waals surface area contributed by atoms with E-state index >= 15 is 0 Å². The van der Waals surface area contributed by atoms with Gasteiger partial charge in [0.15, 0.2) is 0 Å². The standard InChI is InChI=1S/C15H15FN4/c1-9-7-15(11(10(2)17)8-12(9)16)20-14-6-4-3-5-13(14)18-19-20/h3-8,10H,17H2,1-2H3/t10-/m0/s1. The first kappa shape index (κ1) is 12.7. The predicted octanol–water partition coefficient (Wildman–Crippen LogP) is 2.89. The van der Waals surface area contributed by atoms with Gasteiger partial charge in [-0.3, -0.25) is 0 Å². The van der Waals surface area contributed by atoms with Crippen LogP contribution in [0.15, 0.2) is 36.4 Å². The smallest absolute Gasteiger partial charge is 0.126 e. The van der Waals surface area contributed by atoms with Gasteiger partial charge in [-0.15, -0.1) is 5.10 Å². The van der Waals surface area contributed by atoms with Crippen molar-refractivity contribution >= 4 is 11.0 Å². The quantitative estimate of drug-likeness (QED) is 0.779. The molecule has 1 heterocycles. The van der Waals surface area contributed by atoms with Gasteiger partial charge < -0.3 is 5.73 Å². The average Bonchev–Trinajstić information content (AvgIpc) is 2.85. The van der Waals surface area contributed by atoms with Crippen LogP contribution < -0.4 is 5.73 Å². The molecular weight excluding hydrogens is 255 g/mol. The highest BCUT2D eigenvalue weighted by Gasteiger charge is 2.15. The predicted molar refractivity (Wildman–Crippen MR) is 76.2 cm³/mol. The van der Waals surface area contributed by atoms with E-state index in [0.29, 0.717) is 11.1 Å². The summed E-state index contributed by atoms with van der Waals surface area (Å²) in [5.41, 5.74) is 9.67. The second kappa shape index (κ2) is 4.68. The third-order valence-corrected chi connectivity index (χ3v) is 3.38. The number of para-hydroxylation sites is 1. The number of fused-ring (bicyclic) bond motifs is 1. The van der Waals surface area contributed by atoms with E-state index in [2.05, 4.69) is 10.3 Å². The summed E-state index contributed by atoms with van der Waals surface area (Å²) in [6.07, 6.45) is 0. The highest BCUT2D eigenvalue weighted by atomic mass is 19.1. The fraction of sp³-hybridized carbons (Fsp3) is 0.200. The number of hydrogen-bond acceptors (Lipinski definition) is 3. The maximum atomic E-state index is 13.8. The summed E-state index contributed by atoms with van der Waals surface area (Å²) in [5, 5.41) is 8.29. The third-order valence-electron chi connectivity index (χ3n) is 3.38. The Kier molecular flexibility index (Phi) is 2.99. The Morgan fingerprint density at radius 1 is 1.25 bits per heavy atom. The minimum Gasteiger partial charge on any atom is -0.324 e. The Morgan fingerprint density at radius 3 is 2.75 bits per heavy atom. The van der Waals surface area contributed by atoms with E-state index in [1.165, 1.54) is 6.07 Å². The Bertz CT molecular complexity index is 777. The van der Waals surface area contributed by atoms with Crippen LogP contribution >= 0.6 is 0 Å². The van der Waals surface area contributed by atoms with Crippen molar-refractivity contribution in [2.45, 2.75) is 19.9 Å². The molecule has 0 amide bonds. The van der Waals surface area contributed by atoms with E-state index in [9.17, 15) is 4.39 Å². The second-order valence-electron chi connectivity index (χ2n) is 4.94. The number of hydrogen-bond donors (Lipinski definition) is 1. The minimum absolute atomic E-state index is 0.259. The molecule has 0 aliphatic carbocycles. The van der Waals surface area contributed by atoms with E-state index in [1.807, 2.05) is 31.2 Å². The molecule has 0 aliphatic heterocycles. The molecule has 4 nitrogen and oxygen atoms in total. The van der Waals surface area contributed by atoms with Gasteiger partial charge in [-0.05, 0) is 49.2 Å². The number of rotatable bonds is 2. The zero-order valence-electron chi connectivity index (χ0n) is 11.3. The topological polar surface area (TPSA) is 56.7 Å². The van der Waals surface area contributed by atoms with Crippen molar-refractivity contribution in [1.29, 1.82) is 0 Å². The fourth-order valence-electron chi connectivity index (χ4n) is 2.28. The molecule has 102 valence electrons. The number of halogens is 1. The SMILES string of the molecule is Cc1cc(-n2nnc3ccccc32)c([C@H](C)N)cc1F. The van der Waals surface area contributed by atoms with Gasteiger partial charge in [0.1, 0.15) is 11.3 Å². The molecule has 0 aliphatic rings. The van der Waals surface area contributed by atoms with Crippen molar-refractivity contribution in [2.75, 3.05) is 0 Å². The Labute approximate surface area is 116 Å². The van der Waals surface area contributed by atoms with Crippen LogP contribution in [-0.4, -0.2) is 15.0 Å². The van der Waals surface area contributed by atoms with E-state index in [4.69, 9.17) is 5.73 Å². The fourth-order valence-corrected chi connectivity index (χ4v) is 2.28. The highest BCUT2D eigenvalue weighted by Crippen LogP contribution is 2.26. The molecule has 20 heavy (non-hydrogen) atoms. The molecule has 3 rings (SSSR count). The largest absolute Gasteiger partial charge is 0.324 e. The van der Waals surface area contributed by atoms with Crippen molar-refractivity contribution in [2.24, 2.45) is 5.73 Å². The van der Waals surface area contributed by atoms with E-state index < -0.39 is 0 Å². The molecule has 5 heteroatoms. The summed E-state index contributed by atoms with van der Waals surface area (Å²) in [4.78, 5) is 0. The first-order chi connectivity index (χ1) is 9.58. The van der Waals surface area contributed by atoms with Gasteiger partial charge in [0.05, 0.1) is 11.2 Å². The van der Waals surface area contributed by atoms with Crippen molar-refractivity contribution in [1.82, 2.24) is 15.0 Å². The monoisotopic (exact) mass is 270 g/mol. The van der Waals surface area contributed by atoms with Crippen molar-refractivity contribution in [3.8, 4) is 5.69 Å². The van der Waals surface area contributed by atoms with Crippen LogP contribution in [0.25, 0.3) is 16.7 Å². The van der Waals surface area contributed by atoms with Crippen molar-refractivity contribution in [3.63, 3.8) is 0 Å². The number of aromatic nitrogens is 3. The van der Waals surface area contributed by atoms with Gasteiger partial charge in [-0.1, -0.05) is 17.3 Å². The van der Waals surface area contributed by atoms with Gasteiger partial charge >= 0.3 is 0 Å². The molecule has 0 spiro atoms. The summed E-state index contributed by atoms with van der Waals surface area (Å²) < 4.78 is 15.5. The Hall–Kier alpha value is -2.27. The van der Waals surface area contributed by atoms with Crippen LogP contribution in [0.4, 0.5) is 4.39 Å². The van der Waals surface area contributed by atoms with Gasteiger partial charge in [0.25, 0.3) is 0 Å². The molecule has 0 unspecified atom stereocenters. The van der Waals surface area contributed by atoms with Crippen LogP contribution in [-0.2, 0) is 0 Å². The average molecular weight is 270 g/mol. The minimum atomic E-state index is -0.289. The van der Waals surface area contributed by atoms with Gasteiger partial charge in [-0.25, -0.2) is 9.07 Å². The zero-order chi connectivity index (χ0) is 14.3. The molecule has 0 saturated carbocycles. The maximum absolute atomic E-state index is 13.8. The molecule has 2 N–H and O–H groups in total. The molecule has 0 bridgehead atoms. The molecule has 1 atom stereocenters.